The Labute approximate surface area is 172 Å². The van der Waals surface area contributed by atoms with Gasteiger partial charge in [-0.2, -0.15) is 0 Å². The van der Waals surface area contributed by atoms with E-state index in [1.54, 1.807) is 43.3 Å². The first-order valence-electron chi connectivity index (χ1n) is 9.40. The second kappa shape index (κ2) is 8.49. The molecule has 3 aromatic carbocycles. The monoisotopic (exact) mass is 408 g/mol. The standard InChI is InChI=1S/C23H24N2O3S/c1-4-25(20-13-6-5-7-14-20)29(27,28)21-15-9-12-19(16-21)23(26)24-22-17(2)10-8-11-18(22)3/h5-16H,4H2,1-3H3,(H,24,26). The first-order valence-corrected chi connectivity index (χ1v) is 10.8. The lowest BCUT2D eigenvalue weighted by Gasteiger charge is -2.23. The minimum Gasteiger partial charge on any atom is -0.322 e. The van der Waals surface area contributed by atoms with Crippen LogP contribution in [0.3, 0.4) is 0 Å². The fourth-order valence-electron chi connectivity index (χ4n) is 3.21. The molecule has 0 unspecified atom stereocenters. The van der Waals surface area contributed by atoms with E-state index in [0.717, 1.165) is 16.8 Å². The zero-order valence-corrected chi connectivity index (χ0v) is 17.5. The molecule has 3 rings (SSSR count). The molecule has 0 aromatic heterocycles. The van der Waals surface area contributed by atoms with Crippen molar-refractivity contribution in [1.82, 2.24) is 0 Å². The second-order valence-electron chi connectivity index (χ2n) is 6.75. The van der Waals surface area contributed by atoms with Crippen molar-refractivity contribution in [2.24, 2.45) is 0 Å². The maximum Gasteiger partial charge on any atom is 0.264 e. The van der Waals surface area contributed by atoms with Gasteiger partial charge in [0.2, 0.25) is 0 Å². The van der Waals surface area contributed by atoms with Crippen molar-refractivity contribution in [2.45, 2.75) is 25.7 Å². The number of nitrogens with zero attached hydrogens (tertiary/aromatic N) is 1. The number of nitrogens with one attached hydrogen (secondary N) is 1. The maximum absolute atomic E-state index is 13.2. The first kappa shape index (κ1) is 20.6. The molecule has 0 aliphatic rings. The summed E-state index contributed by atoms with van der Waals surface area (Å²) in [4.78, 5) is 12.9. The zero-order chi connectivity index (χ0) is 21.0. The molecule has 6 heteroatoms. The fraction of sp³-hybridized carbons (Fsp3) is 0.174. The third-order valence-electron chi connectivity index (χ3n) is 4.74. The summed E-state index contributed by atoms with van der Waals surface area (Å²) in [6.07, 6.45) is 0. The molecule has 5 nitrogen and oxygen atoms in total. The van der Waals surface area contributed by atoms with E-state index >= 15 is 0 Å². The lowest BCUT2D eigenvalue weighted by molar-refractivity contribution is 0.102. The van der Waals surface area contributed by atoms with E-state index in [1.165, 1.54) is 16.4 Å². The topological polar surface area (TPSA) is 66.5 Å². The van der Waals surface area contributed by atoms with Gasteiger partial charge in [0.25, 0.3) is 15.9 Å². The van der Waals surface area contributed by atoms with Crippen LogP contribution in [0.1, 0.15) is 28.4 Å². The summed E-state index contributed by atoms with van der Waals surface area (Å²) < 4.78 is 27.7. The highest BCUT2D eigenvalue weighted by Gasteiger charge is 2.24. The Morgan fingerprint density at radius 1 is 0.897 bits per heavy atom. The quantitative estimate of drug-likeness (QED) is 0.639. The molecular weight excluding hydrogens is 384 g/mol. The van der Waals surface area contributed by atoms with Crippen molar-refractivity contribution in [2.75, 3.05) is 16.2 Å². The van der Waals surface area contributed by atoms with Crippen LogP contribution in [-0.2, 0) is 10.0 Å². The minimum absolute atomic E-state index is 0.0809. The Hall–Kier alpha value is -3.12. The van der Waals surface area contributed by atoms with Gasteiger partial charge in [-0.3, -0.25) is 9.10 Å². The van der Waals surface area contributed by atoms with E-state index in [-0.39, 0.29) is 22.9 Å². The third kappa shape index (κ3) is 4.32. The number of amides is 1. The summed E-state index contributed by atoms with van der Waals surface area (Å²) in [5.74, 6) is -0.345. The predicted molar refractivity (Wildman–Crippen MR) is 117 cm³/mol. The number of benzene rings is 3. The summed E-state index contributed by atoms with van der Waals surface area (Å²) in [6.45, 7) is 5.90. The molecule has 150 valence electrons. The van der Waals surface area contributed by atoms with Gasteiger partial charge >= 0.3 is 0 Å². The van der Waals surface area contributed by atoms with Crippen molar-refractivity contribution in [3.63, 3.8) is 0 Å². The summed E-state index contributed by atoms with van der Waals surface area (Å²) >= 11 is 0. The number of hydrogen-bond acceptors (Lipinski definition) is 3. The van der Waals surface area contributed by atoms with Crippen LogP contribution < -0.4 is 9.62 Å². The molecule has 1 N–H and O–H groups in total. The SMILES string of the molecule is CCN(c1ccccc1)S(=O)(=O)c1cccc(C(=O)Nc2c(C)cccc2C)c1. The Morgan fingerprint density at radius 2 is 1.52 bits per heavy atom. The van der Waals surface area contributed by atoms with E-state index in [0.29, 0.717) is 5.69 Å². The van der Waals surface area contributed by atoms with Gasteiger partial charge in [-0.1, -0.05) is 42.5 Å². The van der Waals surface area contributed by atoms with Gasteiger partial charge in [0.05, 0.1) is 10.6 Å². The Morgan fingerprint density at radius 3 is 2.14 bits per heavy atom. The molecule has 0 heterocycles. The Bertz CT molecular complexity index is 1110. The molecule has 0 fully saturated rings. The summed E-state index contributed by atoms with van der Waals surface area (Å²) in [6, 6.07) is 20.8. The molecule has 0 bridgehead atoms. The lowest BCUT2D eigenvalue weighted by atomic mass is 10.1. The molecule has 0 saturated heterocycles. The predicted octanol–water partition coefficient (Wildman–Crippen LogP) is 4.77. The number of para-hydroxylation sites is 2. The largest absolute Gasteiger partial charge is 0.322 e. The first-order chi connectivity index (χ1) is 13.8. The van der Waals surface area contributed by atoms with Crippen LogP contribution in [-0.4, -0.2) is 20.9 Å². The molecule has 0 aliphatic heterocycles. The Kier molecular flexibility index (Phi) is 6.03. The molecule has 0 radical (unpaired) electrons. The van der Waals surface area contributed by atoms with Gasteiger partial charge in [0.15, 0.2) is 0 Å². The van der Waals surface area contributed by atoms with Crippen LogP contribution in [0.5, 0.6) is 0 Å². The van der Waals surface area contributed by atoms with Crippen molar-refractivity contribution in [3.05, 3.63) is 89.5 Å². The van der Waals surface area contributed by atoms with E-state index in [4.69, 9.17) is 0 Å². The van der Waals surface area contributed by atoms with Crippen LogP contribution in [0.25, 0.3) is 0 Å². The van der Waals surface area contributed by atoms with E-state index in [1.807, 2.05) is 38.1 Å². The van der Waals surface area contributed by atoms with Crippen LogP contribution in [0.15, 0.2) is 77.7 Å². The number of anilines is 2. The van der Waals surface area contributed by atoms with Gasteiger partial charge < -0.3 is 5.32 Å². The number of hydrogen-bond donors (Lipinski definition) is 1. The average Bonchev–Trinajstić information content (AvgIpc) is 2.72. The minimum atomic E-state index is -3.80. The summed E-state index contributed by atoms with van der Waals surface area (Å²) in [5, 5.41) is 2.90. The normalized spacial score (nSPS) is 11.1. The van der Waals surface area contributed by atoms with Gasteiger partial charge in [-0.25, -0.2) is 8.42 Å². The second-order valence-corrected chi connectivity index (χ2v) is 8.62. The zero-order valence-electron chi connectivity index (χ0n) is 16.7. The van der Waals surface area contributed by atoms with Gasteiger partial charge in [-0.15, -0.1) is 0 Å². The number of carbonyl (C=O) groups is 1. The van der Waals surface area contributed by atoms with Crippen molar-refractivity contribution in [1.29, 1.82) is 0 Å². The number of rotatable bonds is 6. The van der Waals surface area contributed by atoms with Crippen molar-refractivity contribution >= 4 is 27.3 Å². The molecule has 0 aliphatic carbocycles. The van der Waals surface area contributed by atoms with E-state index in [2.05, 4.69) is 5.32 Å². The van der Waals surface area contributed by atoms with Gasteiger partial charge in [-0.05, 0) is 62.2 Å². The van der Waals surface area contributed by atoms with Crippen molar-refractivity contribution in [3.8, 4) is 0 Å². The Balaban J connectivity index is 1.93. The van der Waals surface area contributed by atoms with Gasteiger partial charge in [0.1, 0.15) is 0 Å². The van der Waals surface area contributed by atoms with Crippen LogP contribution >= 0.6 is 0 Å². The molecule has 1 amide bonds. The summed E-state index contributed by atoms with van der Waals surface area (Å²) in [7, 11) is -3.80. The molecule has 29 heavy (non-hydrogen) atoms. The molecule has 0 spiro atoms. The average molecular weight is 409 g/mol. The summed E-state index contributed by atoms with van der Waals surface area (Å²) in [5.41, 5.74) is 3.51. The van der Waals surface area contributed by atoms with Gasteiger partial charge in [0, 0.05) is 17.8 Å². The smallest absolute Gasteiger partial charge is 0.264 e. The lowest BCUT2D eigenvalue weighted by Crippen LogP contribution is -2.31. The maximum atomic E-state index is 13.2. The highest BCUT2D eigenvalue weighted by Crippen LogP contribution is 2.25. The van der Waals surface area contributed by atoms with Crippen LogP contribution in [0, 0.1) is 13.8 Å². The molecule has 3 aromatic rings. The van der Waals surface area contributed by atoms with Crippen LogP contribution in [0.4, 0.5) is 11.4 Å². The number of aryl methyl sites for hydroxylation is 2. The highest BCUT2D eigenvalue weighted by molar-refractivity contribution is 7.92. The van der Waals surface area contributed by atoms with E-state index < -0.39 is 10.0 Å². The molecule has 0 saturated carbocycles. The fourth-order valence-corrected chi connectivity index (χ4v) is 4.73. The van der Waals surface area contributed by atoms with Crippen LogP contribution in [0.2, 0.25) is 0 Å². The molecule has 0 atom stereocenters. The third-order valence-corrected chi connectivity index (χ3v) is 6.63. The number of carbonyl (C=O) groups excluding carboxylic acids is 1. The highest BCUT2D eigenvalue weighted by atomic mass is 32.2. The van der Waals surface area contributed by atoms with Crippen molar-refractivity contribution < 1.29 is 13.2 Å². The number of sulfonamides is 1. The molecular formula is C23H24N2O3S. The van der Waals surface area contributed by atoms with E-state index in [9.17, 15) is 13.2 Å².